The Hall–Kier alpha value is -1.15. The van der Waals surface area contributed by atoms with Crippen LogP contribution < -0.4 is 5.32 Å². The van der Waals surface area contributed by atoms with Crippen molar-refractivity contribution in [3.8, 4) is 0 Å². The summed E-state index contributed by atoms with van der Waals surface area (Å²) in [6.07, 6.45) is 1.14. The number of hydrogen-bond donors (Lipinski definition) is 1. The molecule has 74 valence electrons. The van der Waals surface area contributed by atoms with Crippen LogP contribution in [0.25, 0.3) is 0 Å². The maximum Gasteiger partial charge on any atom is 0.160 e. The first-order chi connectivity index (χ1) is 6.79. The van der Waals surface area contributed by atoms with Gasteiger partial charge in [-0.1, -0.05) is 24.3 Å². The van der Waals surface area contributed by atoms with Gasteiger partial charge in [-0.3, -0.25) is 4.79 Å². The van der Waals surface area contributed by atoms with Gasteiger partial charge in [-0.05, 0) is 31.4 Å². The Bertz CT molecular complexity index is 340. The summed E-state index contributed by atoms with van der Waals surface area (Å²) in [5.41, 5.74) is 2.10. The first-order valence-corrected chi connectivity index (χ1v) is 5.09. The molecule has 1 aliphatic heterocycles. The van der Waals surface area contributed by atoms with Crippen LogP contribution in [0.1, 0.15) is 35.2 Å². The number of ketones is 1. The van der Waals surface area contributed by atoms with E-state index < -0.39 is 0 Å². The fourth-order valence-corrected chi connectivity index (χ4v) is 2.09. The number of carbonyl (C=O) groups excluding carboxylic acids is 1. The fourth-order valence-electron chi connectivity index (χ4n) is 2.09. The van der Waals surface area contributed by atoms with Crippen molar-refractivity contribution in [1.29, 1.82) is 0 Å². The summed E-state index contributed by atoms with van der Waals surface area (Å²) in [5.74, 6) is 0.697. The first-order valence-electron chi connectivity index (χ1n) is 5.09. The van der Waals surface area contributed by atoms with E-state index in [4.69, 9.17) is 0 Å². The molecule has 0 radical (unpaired) electrons. The van der Waals surface area contributed by atoms with Crippen molar-refractivity contribution in [3.05, 3.63) is 35.4 Å². The van der Waals surface area contributed by atoms with Crippen molar-refractivity contribution in [2.75, 3.05) is 13.1 Å². The van der Waals surface area contributed by atoms with Crippen LogP contribution in [0.5, 0.6) is 0 Å². The Morgan fingerprint density at radius 2 is 2.21 bits per heavy atom. The van der Waals surface area contributed by atoms with Crippen LogP contribution in [0.2, 0.25) is 0 Å². The Labute approximate surface area is 84.3 Å². The summed E-state index contributed by atoms with van der Waals surface area (Å²) >= 11 is 0. The third-order valence-corrected chi connectivity index (χ3v) is 2.84. The predicted molar refractivity (Wildman–Crippen MR) is 56.7 cm³/mol. The van der Waals surface area contributed by atoms with E-state index in [9.17, 15) is 4.79 Å². The standard InChI is InChI=1S/C12H15NO/c1-9(14)11-4-2-3-5-12(11)10-6-7-13-8-10/h2-5,10,13H,6-8H2,1H3. The average molecular weight is 189 g/mol. The van der Waals surface area contributed by atoms with Gasteiger partial charge in [-0.2, -0.15) is 0 Å². The molecule has 2 nitrogen and oxygen atoms in total. The van der Waals surface area contributed by atoms with Gasteiger partial charge in [0, 0.05) is 12.1 Å². The highest BCUT2D eigenvalue weighted by Gasteiger charge is 2.20. The third-order valence-electron chi connectivity index (χ3n) is 2.84. The van der Waals surface area contributed by atoms with Crippen LogP contribution in [0.3, 0.4) is 0 Å². The summed E-state index contributed by atoms with van der Waals surface area (Å²) in [7, 11) is 0. The highest BCUT2D eigenvalue weighted by Crippen LogP contribution is 2.25. The first kappa shape index (κ1) is 9.41. The second-order valence-electron chi connectivity index (χ2n) is 3.83. The molecule has 1 aromatic carbocycles. The number of benzene rings is 1. The Morgan fingerprint density at radius 3 is 2.86 bits per heavy atom. The molecule has 0 amide bonds. The van der Waals surface area contributed by atoms with Crippen LogP contribution in [0.15, 0.2) is 24.3 Å². The minimum atomic E-state index is 0.174. The molecule has 1 saturated heterocycles. The summed E-state index contributed by atoms with van der Waals surface area (Å²) in [6, 6.07) is 7.95. The molecule has 1 unspecified atom stereocenters. The molecule has 0 aromatic heterocycles. The molecule has 2 rings (SSSR count). The maximum absolute atomic E-state index is 11.4. The zero-order valence-electron chi connectivity index (χ0n) is 8.42. The van der Waals surface area contributed by atoms with Gasteiger partial charge in [-0.15, -0.1) is 0 Å². The van der Waals surface area contributed by atoms with E-state index in [1.54, 1.807) is 6.92 Å². The average Bonchev–Trinajstić information content (AvgIpc) is 2.70. The number of carbonyl (C=O) groups is 1. The van der Waals surface area contributed by atoms with E-state index in [1.807, 2.05) is 18.2 Å². The summed E-state index contributed by atoms with van der Waals surface area (Å²) < 4.78 is 0. The van der Waals surface area contributed by atoms with Gasteiger partial charge in [0.25, 0.3) is 0 Å². The van der Waals surface area contributed by atoms with Gasteiger partial charge in [-0.25, -0.2) is 0 Å². The van der Waals surface area contributed by atoms with E-state index in [0.29, 0.717) is 5.92 Å². The molecule has 0 saturated carbocycles. The molecular formula is C12H15NO. The lowest BCUT2D eigenvalue weighted by atomic mass is 9.92. The summed E-state index contributed by atoms with van der Waals surface area (Å²) in [6.45, 7) is 3.71. The van der Waals surface area contributed by atoms with Crippen molar-refractivity contribution in [2.45, 2.75) is 19.3 Å². The number of Topliss-reactive ketones (excluding diaryl/α,β-unsaturated/α-hetero) is 1. The van der Waals surface area contributed by atoms with E-state index in [-0.39, 0.29) is 5.78 Å². The highest BCUT2D eigenvalue weighted by atomic mass is 16.1. The van der Waals surface area contributed by atoms with E-state index in [1.165, 1.54) is 5.56 Å². The zero-order valence-corrected chi connectivity index (χ0v) is 8.42. The molecule has 1 aliphatic rings. The van der Waals surface area contributed by atoms with Gasteiger partial charge in [0.05, 0.1) is 0 Å². The normalized spacial score (nSPS) is 21.1. The van der Waals surface area contributed by atoms with Crippen molar-refractivity contribution in [3.63, 3.8) is 0 Å². The molecule has 1 fully saturated rings. The lowest BCUT2D eigenvalue weighted by Gasteiger charge is -2.12. The molecular weight excluding hydrogens is 174 g/mol. The summed E-state index contributed by atoms with van der Waals surface area (Å²) in [4.78, 5) is 11.4. The van der Waals surface area contributed by atoms with Crippen molar-refractivity contribution < 1.29 is 4.79 Å². The fraction of sp³-hybridized carbons (Fsp3) is 0.417. The minimum Gasteiger partial charge on any atom is -0.316 e. The number of hydrogen-bond acceptors (Lipinski definition) is 2. The SMILES string of the molecule is CC(=O)c1ccccc1C1CCNC1. The van der Waals surface area contributed by atoms with E-state index in [0.717, 1.165) is 25.1 Å². The molecule has 0 spiro atoms. The van der Waals surface area contributed by atoms with Crippen molar-refractivity contribution in [2.24, 2.45) is 0 Å². The van der Waals surface area contributed by atoms with Crippen LogP contribution in [0.4, 0.5) is 0 Å². The Kier molecular flexibility index (Phi) is 2.64. The maximum atomic E-state index is 11.4. The second-order valence-corrected chi connectivity index (χ2v) is 3.83. The third kappa shape index (κ3) is 1.70. The summed E-state index contributed by atoms with van der Waals surface area (Å²) in [5, 5.41) is 3.33. The lowest BCUT2D eigenvalue weighted by molar-refractivity contribution is 0.101. The van der Waals surface area contributed by atoms with Crippen LogP contribution >= 0.6 is 0 Å². The molecule has 1 atom stereocenters. The minimum absolute atomic E-state index is 0.174. The highest BCUT2D eigenvalue weighted by molar-refractivity contribution is 5.95. The van der Waals surface area contributed by atoms with Crippen LogP contribution in [0, 0.1) is 0 Å². The molecule has 14 heavy (non-hydrogen) atoms. The molecule has 1 heterocycles. The van der Waals surface area contributed by atoms with Gasteiger partial charge in [0.15, 0.2) is 5.78 Å². The molecule has 0 bridgehead atoms. The van der Waals surface area contributed by atoms with Gasteiger partial charge in [0.1, 0.15) is 0 Å². The van der Waals surface area contributed by atoms with Crippen molar-refractivity contribution in [1.82, 2.24) is 5.32 Å². The van der Waals surface area contributed by atoms with Gasteiger partial charge in [0.2, 0.25) is 0 Å². The monoisotopic (exact) mass is 189 g/mol. The van der Waals surface area contributed by atoms with Crippen molar-refractivity contribution >= 4 is 5.78 Å². The Balaban J connectivity index is 2.35. The number of nitrogens with one attached hydrogen (secondary N) is 1. The second kappa shape index (κ2) is 3.93. The zero-order chi connectivity index (χ0) is 9.97. The van der Waals surface area contributed by atoms with Gasteiger partial charge >= 0.3 is 0 Å². The largest absolute Gasteiger partial charge is 0.316 e. The smallest absolute Gasteiger partial charge is 0.160 e. The molecule has 2 heteroatoms. The molecule has 1 aromatic rings. The molecule has 1 N–H and O–H groups in total. The number of rotatable bonds is 2. The predicted octanol–water partition coefficient (Wildman–Crippen LogP) is 1.97. The quantitative estimate of drug-likeness (QED) is 0.721. The topological polar surface area (TPSA) is 29.1 Å². The van der Waals surface area contributed by atoms with Crippen LogP contribution in [-0.4, -0.2) is 18.9 Å². The van der Waals surface area contributed by atoms with E-state index >= 15 is 0 Å². The van der Waals surface area contributed by atoms with Gasteiger partial charge < -0.3 is 5.32 Å². The van der Waals surface area contributed by atoms with E-state index in [2.05, 4.69) is 11.4 Å². The van der Waals surface area contributed by atoms with Crippen LogP contribution in [-0.2, 0) is 0 Å². The lowest BCUT2D eigenvalue weighted by Crippen LogP contribution is -2.10. The Morgan fingerprint density at radius 1 is 1.43 bits per heavy atom. The molecule has 0 aliphatic carbocycles.